The molecule has 0 unspecified atom stereocenters. The van der Waals surface area contributed by atoms with Gasteiger partial charge in [-0.15, -0.1) is 0 Å². The molecule has 0 radical (unpaired) electrons. The number of aromatic nitrogens is 2. The van der Waals surface area contributed by atoms with Gasteiger partial charge in [0.2, 0.25) is 11.8 Å². The smallest absolute Gasteiger partial charge is 0.264 e. The van der Waals surface area contributed by atoms with Gasteiger partial charge in [0, 0.05) is 14.1 Å². The summed E-state index contributed by atoms with van der Waals surface area (Å²) >= 11 is 0. The van der Waals surface area contributed by atoms with Crippen LogP contribution in [0.25, 0.3) is 11.1 Å². The Bertz CT molecular complexity index is 632. The van der Waals surface area contributed by atoms with Crippen LogP contribution in [-0.2, 0) is 0 Å². The third-order valence-electron chi connectivity index (χ3n) is 2.62. The lowest BCUT2D eigenvalue weighted by atomic mass is 10.1. The van der Waals surface area contributed by atoms with Crippen LogP contribution in [0, 0.1) is 6.92 Å². The van der Waals surface area contributed by atoms with Crippen molar-refractivity contribution in [2.24, 2.45) is 0 Å². The predicted octanol–water partition coefficient (Wildman–Crippen LogP) is 1.52. The van der Waals surface area contributed by atoms with Gasteiger partial charge in [-0.05, 0) is 12.5 Å². The van der Waals surface area contributed by atoms with Crippen molar-refractivity contribution >= 4 is 5.95 Å². The zero-order valence-electron chi connectivity index (χ0n) is 10.6. The van der Waals surface area contributed by atoms with Crippen molar-refractivity contribution in [3.63, 3.8) is 0 Å². The summed E-state index contributed by atoms with van der Waals surface area (Å²) in [4.78, 5) is 20.2. The molecule has 0 bridgehead atoms. The van der Waals surface area contributed by atoms with Gasteiger partial charge in [-0.1, -0.05) is 29.8 Å². The second-order valence-electron chi connectivity index (χ2n) is 4.35. The summed E-state index contributed by atoms with van der Waals surface area (Å²) in [5, 5.41) is 9.91. The van der Waals surface area contributed by atoms with Crippen molar-refractivity contribution in [2.75, 3.05) is 19.0 Å². The quantitative estimate of drug-likeness (QED) is 0.841. The van der Waals surface area contributed by atoms with Gasteiger partial charge in [0.25, 0.3) is 5.56 Å². The van der Waals surface area contributed by atoms with Crippen molar-refractivity contribution < 1.29 is 5.11 Å². The first-order valence-corrected chi connectivity index (χ1v) is 5.56. The zero-order chi connectivity index (χ0) is 13.3. The lowest BCUT2D eigenvalue weighted by Crippen LogP contribution is -2.19. The molecule has 0 aliphatic rings. The second-order valence-corrected chi connectivity index (χ2v) is 4.35. The van der Waals surface area contributed by atoms with E-state index in [1.165, 1.54) is 0 Å². The fraction of sp³-hybridized carbons (Fsp3) is 0.231. The van der Waals surface area contributed by atoms with Gasteiger partial charge in [-0.25, -0.2) is 0 Å². The lowest BCUT2D eigenvalue weighted by Gasteiger charge is -2.12. The minimum Gasteiger partial charge on any atom is -0.493 e. The van der Waals surface area contributed by atoms with Crippen molar-refractivity contribution in [1.82, 2.24) is 9.97 Å². The summed E-state index contributed by atoms with van der Waals surface area (Å²) in [6, 6.07) is 7.37. The molecule has 1 aromatic heterocycles. The van der Waals surface area contributed by atoms with Crippen LogP contribution >= 0.6 is 0 Å². The molecule has 0 amide bonds. The summed E-state index contributed by atoms with van der Waals surface area (Å²) in [5.41, 5.74) is 1.52. The number of nitrogens with zero attached hydrogens (tertiary/aromatic N) is 2. The first kappa shape index (κ1) is 12.2. The molecule has 1 heterocycles. The summed E-state index contributed by atoms with van der Waals surface area (Å²) in [6.07, 6.45) is 0. The number of aryl methyl sites for hydroxylation is 1. The zero-order valence-corrected chi connectivity index (χ0v) is 10.6. The van der Waals surface area contributed by atoms with E-state index in [0.29, 0.717) is 11.5 Å². The van der Waals surface area contributed by atoms with E-state index in [4.69, 9.17) is 0 Å². The second kappa shape index (κ2) is 4.52. The van der Waals surface area contributed by atoms with Crippen molar-refractivity contribution in [3.05, 3.63) is 40.2 Å². The minimum atomic E-state index is -0.350. The van der Waals surface area contributed by atoms with Gasteiger partial charge >= 0.3 is 0 Å². The van der Waals surface area contributed by atoms with Crippen LogP contribution in [0.2, 0.25) is 0 Å². The monoisotopic (exact) mass is 245 g/mol. The maximum absolute atomic E-state index is 12.0. The van der Waals surface area contributed by atoms with Crippen molar-refractivity contribution in [1.29, 1.82) is 0 Å². The molecule has 0 saturated carbocycles. The van der Waals surface area contributed by atoms with Gasteiger partial charge in [0.1, 0.15) is 5.56 Å². The van der Waals surface area contributed by atoms with Crippen LogP contribution < -0.4 is 10.5 Å². The fourth-order valence-electron chi connectivity index (χ4n) is 1.72. The van der Waals surface area contributed by atoms with E-state index < -0.39 is 0 Å². The van der Waals surface area contributed by atoms with Crippen molar-refractivity contribution in [2.45, 2.75) is 6.92 Å². The number of benzene rings is 1. The highest BCUT2D eigenvalue weighted by molar-refractivity contribution is 5.68. The third-order valence-corrected chi connectivity index (χ3v) is 2.62. The van der Waals surface area contributed by atoms with E-state index in [9.17, 15) is 9.90 Å². The number of rotatable bonds is 2. The average Bonchev–Trinajstić information content (AvgIpc) is 2.27. The maximum Gasteiger partial charge on any atom is 0.264 e. The molecule has 0 spiro atoms. The highest BCUT2D eigenvalue weighted by Gasteiger charge is 2.13. The van der Waals surface area contributed by atoms with Crippen LogP contribution in [0.5, 0.6) is 5.88 Å². The van der Waals surface area contributed by atoms with E-state index in [1.54, 1.807) is 25.1 Å². The van der Waals surface area contributed by atoms with E-state index >= 15 is 0 Å². The predicted molar refractivity (Wildman–Crippen MR) is 71.0 cm³/mol. The lowest BCUT2D eigenvalue weighted by molar-refractivity contribution is 0.453. The molecule has 0 aliphatic heterocycles. The van der Waals surface area contributed by atoms with Crippen LogP contribution in [0.4, 0.5) is 5.95 Å². The van der Waals surface area contributed by atoms with Gasteiger partial charge < -0.3 is 10.0 Å². The summed E-state index contributed by atoms with van der Waals surface area (Å²) in [6.45, 7) is 1.93. The molecule has 18 heavy (non-hydrogen) atoms. The number of aromatic amines is 1. The Morgan fingerprint density at radius 1 is 1.33 bits per heavy atom. The SMILES string of the molecule is Cc1cccc(-c2c(O)nc(N(C)C)[nH]c2=O)c1. The van der Waals surface area contributed by atoms with Crippen LogP contribution in [0.1, 0.15) is 5.56 Å². The molecule has 5 nitrogen and oxygen atoms in total. The molecule has 0 fully saturated rings. The summed E-state index contributed by atoms with van der Waals surface area (Å²) in [5.74, 6) is 0.0713. The Hall–Kier alpha value is -2.30. The number of H-pyrrole nitrogens is 1. The third kappa shape index (κ3) is 2.20. The number of aromatic hydroxyl groups is 1. The van der Waals surface area contributed by atoms with E-state index in [-0.39, 0.29) is 17.0 Å². The molecule has 2 N–H and O–H groups in total. The topological polar surface area (TPSA) is 69.2 Å². The van der Waals surface area contributed by atoms with Gasteiger partial charge in [-0.3, -0.25) is 9.78 Å². The van der Waals surface area contributed by atoms with Crippen LogP contribution in [0.3, 0.4) is 0 Å². The number of nitrogens with one attached hydrogen (secondary N) is 1. The molecule has 1 aromatic carbocycles. The molecule has 0 atom stereocenters. The Morgan fingerprint density at radius 2 is 2.06 bits per heavy atom. The van der Waals surface area contributed by atoms with Crippen LogP contribution in [0.15, 0.2) is 29.1 Å². The Morgan fingerprint density at radius 3 is 2.61 bits per heavy atom. The van der Waals surface area contributed by atoms with E-state index in [1.807, 2.05) is 25.1 Å². The molecule has 0 saturated heterocycles. The average molecular weight is 245 g/mol. The molecule has 0 aliphatic carbocycles. The molecule has 2 rings (SSSR count). The van der Waals surface area contributed by atoms with Gasteiger partial charge in [0.05, 0.1) is 0 Å². The molecule has 2 aromatic rings. The number of hydrogen-bond donors (Lipinski definition) is 2. The fourth-order valence-corrected chi connectivity index (χ4v) is 1.72. The van der Waals surface area contributed by atoms with E-state index in [0.717, 1.165) is 5.56 Å². The maximum atomic E-state index is 12.0. The normalized spacial score (nSPS) is 10.4. The minimum absolute atomic E-state index is 0.198. The highest BCUT2D eigenvalue weighted by Crippen LogP contribution is 2.24. The number of anilines is 1. The standard InChI is InChI=1S/C13H15N3O2/c1-8-5-4-6-9(7-8)10-11(17)14-13(16(2)3)15-12(10)18/h4-7H,1-3H3,(H2,14,15,17,18). The van der Waals surface area contributed by atoms with E-state index in [2.05, 4.69) is 9.97 Å². The number of hydrogen-bond acceptors (Lipinski definition) is 4. The largest absolute Gasteiger partial charge is 0.493 e. The Kier molecular flexibility index (Phi) is 3.06. The first-order valence-electron chi connectivity index (χ1n) is 5.56. The molecule has 5 heteroatoms. The molecular weight excluding hydrogens is 230 g/mol. The molecule has 94 valence electrons. The van der Waals surface area contributed by atoms with Gasteiger partial charge in [-0.2, -0.15) is 4.98 Å². The Balaban J connectivity index is 2.63. The van der Waals surface area contributed by atoms with Crippen molar-refractivity contribution in [3.8, 4) is 17.0 Å². The van der Waals surface area contributed by atoms with Gasteiger partial charge in [0.15, 0.2) is 0 Å². The first-order chi connectivity index (χ1) is 8.49. The summed E-state index contributed by atoms with van der Waals surface area (Å²) in [7, 11) is 3.48. The molecular formula is C13H15N3O2. The highest BCUT2D eigenvalue weighted by atomic mass is 16.3. The Labute approximate surface area is 105 Å². The van der Waals surface area contributed by atoms with Crippen LogP contribution in [-0.4, -0.2) is 29.2 Å². The summed E-state index contributed by atoms with van der Waals surface area (Å²) < 4.78 is 0.